The molecular weight excluding hydrogens is 647 g/mol. The van der Waals surface area contributed by atoms with E-state index in [9.17, 15) is 28.0 Å². The van der Waals surface area contributed by atoms with E-state index in [4.69, 9.17) is 0 Å². The minimum atomic E-state index is -4.40. The number of carbonyl (C=O) groups is 1. The van der Waals surface area contributed by atoms with Gasteiger partial charge in [-0.15, -0.1) is 0 Å². The number of aliphatic hydroxyl groups excluding tert-OH is 2. The van der Waals surface area contributed by atoms with E-state index in [1.54, 1.807) is 0 Å². The van der Waals surface area contributed by atoms with Gasteiger partial charge in [-0.05, 0) is 12.8 Å². The van der Waals surface area contributed by atoms with Gasteiger partial charge in [0.05, 0.1) is 17.9 Å². The molecule has 0 aliphatic rings. The summed E-state index contributed by atoms with van der Waals surface area (Å²) in [7, 11) is -4.40. The van der Waals surface area contributed by atoms with E-state index in [1.807, 2.05) is 0 Å². The first kappa shape index (κ1) is 49.3. The molecule has 300 valence electrons. The number of rotatable bonds is 40. The van der Waals surface area contributed by atoms with Crippen molar-refractivity contribution in [1.29, 1.82) is 0 Å². The van der Waals surface area contributed by atoms with Crippen LogP contribution in [0.25, 0.3) is 0 Å². The fourth-order valence-electron chi connectivity index (χ4n) is 7.05. The Balaban J connectivity index is 3.91. The molecule has 0 aromatic rings. The summed E-state index contributed by atoms with van der Waals surface area (Å²) in [4.78, 5) is 12.6. The number of unbranched alkanes of at least 4 members (excludes halogenated alkanes) is 31. The predicted octanol–water partition coefficient (Wildman–Crippen LogP) is 11.8. The van der Waals surface area contributed by atoms with Crippen LogP contribution in [0.1, 0.15) is 239 Å². The summed E-state index contributed by atoms with van der Waals surface area (Å²) in [6.07, 6.45) is 39.7. The fourth-order valence-corrected chi connectivity index (χ4v) is 7.81. The molecule has 0 aromatic carbocycles. The summed E-state index contributed by atoms with van der Waals surface area (Å²) < 4.78 is 32.6. The summed E-state index contributed by atoms with van der Waals surface area (Å²) in [6.45, 7) is 4.52. The molecule has 3 unspecified atom stereocenters. The maximum atomic E-state index is 12.6. The molecule has 7 nitrogen and oxygen atoms in total. The van der Waals surface area contributed by atoms with Crippen LogP contribution in [0.4, 0.5) is 0 Å². The highest BCUT2D eigenvalue weighted by Crippen LogP contribution is 2.17. The quantitative estimate of drug-likeness (QED) is 0.0367. The van der Waals surface area contributed by atoms with Gasteiger partial charge in [-0.1, -0.05) is 226 Å². The molecular formula is C42H85NO6S. The van der Waals surface area contributed by atoms with Crippen molar-refractivity contribution in [3.8, 4) is 0 Å². The molecule has 0 saturated heterocycles. The minimum Gasteiger partial charge on any atom is -0.391 e. The van der Waals surface area contributed by atoms with Gasteiger partial charge in [0.15, 0.2) is 0 Å². The highest BCUT2D eigenvalue weighted by molar-refractivity contribution is 7.85. The zero-order chi connectivity index (χ0) is 37.0. The molecule has 0 fully saturated rings. The average Bonchev–Trinajstić information content (AvgIpc) is 3.08. The Kier molecular flexibility index (Phi) is 36.1. The first-order valence-corrected chi connectivity index (χ1v) is 23.4. The Labute approximate surface area is 311 Å². The van der Waals surface area contributed by atoms with Crippen LogP contribution in [-0.4, -0.2) is 53.1 Å². The number of hydrogen-bond donors (Lipinski definition) is 4. The molecule has 0 radical (unpaired) electrons. The molecule has 3 atom stereocenters. The van der Waals surface area contributed by atoms with Crippen molar-refractivity contribution in [3.63, 3.8) is 0 Å². The lowest BCUT2D eigenvalue weighted by Gasteiger charge is -2.24. The molecule has 0 aromatic heterocycles. The summed E-state index contributed by atoms with van der Waals surface area (Å²) in [5, 5.41) is 23.6. The molecule has 4 N–H and O–H groups in total. The second-order valence-corrected chi connectivity index (χ2v) is 17.0. The van der Waals surface area contributed by atoms with Crippen LogP contribution >= 0.6 is 0 Å². The molecule has 0 bridgehead atoms. The van der Waals surface area contributed by atoms with E-state index < -0.39 is 40.0 Å². The first-order chi connectivity index (χ1) is 24.2. The van der Waals surface area contributed by atoms with Crippen molar-refractivity contribution in [2.75, 3.05) is 5.75 Å². The molecule has 0 aliphatic carbocycles. The van der Waals surface area contributed by atoms with Crippen LogP contribution < -0.4 is 5.32 Å². The molecule has 8 heteroatoms. The van der Waals surface area contributed by atoms with E-state index in [-0.39, 0.29) is 0 Å². The Morgan fingerprint density at radius 3 is 1.00 bits per heavy atom. The molecule has 0 heterocycles. The van der Waals surface area contributed by atoms with Crippen LogP contribution in [-0.2, 0) is 14.9 Å². The maximum absolute atomic E-state index is 12.6. The van der Waals surface area contributed by atoms with Crippen molar-refractivity contribution >= 4 is 16.0 Å². The number of amides is 1. The van der Waals surface area contributed by atoms with Crippen molar-refractivity contribution in [3.05, 3.63) is 0 Å². The molecule has 0 saturated carbocycles. The summed E-state index contributed by atoms with van der Waals surface area (Å²) in [5.74, 6) is -1.44. The van der Waals surface area contributed by atoms with Crippen LogP contribution in [0.5, 0.6) is 0 Å². The predicted molar refractivity (Wildman–Crippen MR) is 213 cm³/mol. The van der Waals surface area contributed by atoms with E-state index >= 15 is 0 Å². The van der Waals surface area contributed by atoms with Crippen LogP contribution in [0.3, 0.4) is 0 Å². The highest BCUT2D eigenvalue weighted by Gasteiger charge is 2.28. The van der Waals surface area contributed by atoms with E-state index in [0.29, 0.717) is 12.8 Å². The third-order valence-electron chi connectivity index (χ3n) is 10.4. The molecule has 0 rings (SSSR count). The summed E-state index contributed by atoms with van der Waals surface area (Å²) in [6, 6.07) is -1.14. The van der Waals surface area contributed by atoms with E-state index in [0.717, 1.165) is 44.9 Å². The second-order valence-electron chi connectivity index (χ2n) is 15.5. The van der Waals surface area contributed by atoms with Gasteiger partial charge in [0.25, 0.3) is 10.1 Å². The Morgan fingerprint density at radius 2 is 0.720 bits per heavy atom. The van der Waals surface area contributed by atoms with Crippen molar-refractivity contribution in [2.45, 2.75) is 257 Å². The van der Waals surface area contributed by atoms with Gasteiger partial charge in [-0.3, -0.25) is 9.35 Å². The third-order valence-corrected chi connectivity index (χ3v) is 11.2. The van der Waals surface area contributed by atoms with E-state index in [1.165, 1.54) is 167 Å². The van der Waals surface area contributed by atoms with Gasteiger partial charge in [-0.25, -0.2) is 0 Å². The number of nitrogens with one attached hydrogen (secondary N) is 1. The van der Waals surface area contributed by atoms with Gasteiger partial charge in [0.2, 0.25) is 5.91 Å². The van der Waals surface area contributed by atoms with Crippen molar-refractivity contribution in [1.82, 2.24) is 5.32 Å². The Hall–Kier alpha value is -0.700. The minimum absolute atomic E-state index is 0.304. The van der Waals surface area contributed by atoms with Crippen LogP contribution in [0, 0.1) is 0 Å². The van der Waals surface area contributed by atoms with Gasteiger partial charge < -0.3 is 15.5 Å². The van der Waals surface area contributed by atoms with Gasteiger partial charge in [0.1, 0.15) is 6.10 Å². The van der Waals surface area contributed by atoms with Gasteiger partial charge in [0, 0.05) is 0 Å². The van der Waals surface area contributed by atoms with Crippen molar-refractivity contribution in [2.24, 2.45) is 0 Å². The number of carbonyl (C=O) groups excluding carboxylic acids is 1. The largest absolute Gasteiger partial charge is 0.391 e. The monoisotopic (exact) mass is 732 g/mol. The smallest absolute Gasteiger partial charge is 0.266 e. The standard InChI is InChI=1S/C42H85NO6S/c1-3-5-7-9-11-13-15-17-19-21-23-25-27-29-31-33-35-37-41(45)42(46)43-39(38-50(47,48)49)40(44)36-34-32-30-28-26-24-22-20-18-16-14-12-10-8-6-4-2/h39-41,44-45H,3-38H2,1-2H3,(H,43,46)(H,47,48,49). The topological polar surface area (TPSA) is 124 Å². The normalized spacial score (nSPS) is 13.8. The summed E-state index contributed by atoms with van der Waals surface area (Å²) in [5.41, 5.74) is 0. The third kappa shape index (κ3) is 35.7. The van der Waals surface area contributed by atoms with Crippen molar-refractivity contribution < 1.29 is 28.0 Å². The number of aliphatic hydroxyl groups is 2. The number of hydrogen-bond acceptors (Lipinski definition) is 5. The first-order valence-electron chi connectivity index (χ1n) is 21.8. The van der Waals surface area contributed by atoms with Gasteiger partial charge >= 0.3 is 0 Å². The fraction of sp³-hybridized carbons (Fsp3) is 0.976. The Morgan fingerprint density at radius 1 is 0.460 bits per heavy atom. The second kappa shape index (κ2) is 36.6. The molecule has 1 amide bonds. The van der Waals surface area contributed by atoms with Crippen LogP contribution in [0.15, 0.2) is 0 Å². The van der Waals surface area contributed by atoms with Gasteiger partial charge in [-0.2, -0.15) is 8.42 Å². The lowest BCUT2D eigenvalue weighted by molar-refractivity contribution is -0.131. The zero-order valence-corrected chi connectivity index (χ0v) is 34.0. The molecule has 0 aliphatic heterocycles. The Bertz CT molecular complexity index is 823. The summed E-state index contributed by atoms with van der Waals surface area (Å²) >= 11 is 0. The molecule has 0 spiro atoms. The molecule has 50 heavy (non-hydrogen) atoms. The maximum Gasteiger partial charge on any atom is 0.266 e. The highest BCUT2D eigenvalue weighted by atomic mass is 32.2. The zero-order valence-electron chi connectivity index (χ0n) is 33.2. The van der Waals surface area contributed by atoms with Crippen LogP contribution in [0.2, 0.25) is 0 Å². The SMILES string of the molecule is CCCCCCCCCCCCCCCCCCCC(O)C(=O)NC(CS(=O)(=O)O)C(O)CCCCCCCCCCCCCCCCCC. The average molecular weight is 732 g/mol. The lowest BCUT2D eigenvalue weighted by Crippen LogP contribution is -2.50. The van der Waals surface area contributed by atoms with E-state index in [2.05, 4.69) is 19.2 Å². The lowest BCUT2D eigenvalue weighted by atomic mass is 10.0.